The Labute approximate surface area is 105 Å². The van der Waals surface area contributed by atoms with E-state index in [1.807, 2.05) is 18.5 Å². The zero-order chi connectivity index (χ0) is 12.3. The van der Waals surface area contributed by atoms with Crippen LogP contribution in [0.5, 0.6) is 0 Å². The van der Waals surface area contributed by atoms with Crippen molar-refractivity contribution in [2.45, 2.75) is 25.0 Å². The number of β-amino-alcohol motifs (C(OH)–C–C–N with tert-alkyl or cyclic N) is 1. The average Bonchev–Trinajstić information content (AvgIpc) is 2.95. The molecule has 2 rings (SSSR count). The molecule has 1 aliphatic rings. The van der Waals surface area contributed by atoms with E-state index < -0.39 is 0 Å². The summed E-state index contributed by atoms with van der Waals surface area (Å²) in [7, 11) is 1.82. The molecule has 0 bridgehead atoms. The number of aliphatic hydroxyl groups is 1. The third-order valence-electron chi connectivity index (χ3n) is 3.06. The summed E-state index contributed by atoms with van der Waals surface area (Å²) in [5, 5.41) is 14.5. The van der Waals surface area contributed by atoms with E-state index in [0.29, 0.717) is 13.0 Å². The SMILES string of the molecule is CN(CCc1cccs1)C(=O)[C@H]1C[C@@H](O)CN1. The summed E-state index contributed by atoms with van der Waals surface area (Å²) >= 11 is 1.72. The minimum Gasteiger partial charge on any atom is -0.392 e. The molecule has 1 aliphatic heterocycles. The van der Waals surface area contributed by atoms with Crippen LogP contribution in [0, 0.1) is 0 Å². The second-order valence-corrected chi connectivity index (χ2v) is 5.47. The topological polar surface area (TPSA) is 52.6 Å². The summed E-state index contributed by atoms with van der Waals surface area (Å²) in [4.78, 5) is 15.0. The van der Waals surface area contributed by atoms with Gasteiger partial charge in [0.15, 0.2) is 0 Å². The zero-order valence-corrected chi connectivity index (χ0v) is 10.7. The maximum atomic E-state index is 12.0. The number of carbonyl (C=O) groups is 1. The van der Waals surface area contributed by atoms with Crippen LogP contribution in [0.25, 0.3) is 0 Å². The van der Waals surface area contributed by atoms with Gasteiger partial charge in [0.2, 0.25) is 5.91 Å². The molecule has 1 amide bonds. The number of hydrogen-bond donors (Lipinski definition) is 2. The molecular formula is C12H18N2O2S. The fourth-order valence-electron chi connectivity index (χ4n) is 2.01. The lowest BCUT2D eigenvalue weighted by molar-refractivity contribution is -0.131. The van der Waals surface area contributed by atoms with Crippen molar-refractivity contribution in [3.05, 3.63) is 22.4 Å². The van der Waals surface area contributed by atoms with Crippen molar-refractivity contribution in [3.63, 3.8) is 0 Å². The number of thiophene rings is 1. The Morgan fingerprint density at radius 2 is 2.53 bits per heavy atom. The molecule has 0 radical (unpaired) electrons. The van der Waals surface area contributed by atoms with Crippen molar-refractivity contribution in [2.24, 2.45) is 0 Å². The summed E-state index contributed by atoms with van der Waals surface area (Å²) in [6, 6.07) is 3.90. The molecular weight excluding hydrogens is 236 g/mol. The van der Waals surface area contributed by atoms with Crippen molar-refractivity contribution in [2.75, 3.05) is 20.1 Å². The van der Waals surface area contributed by atoms with Crippen molar-refractivity contribution >= 4 is 17.2 Å². The number of nitrogens with one attached hydrogen (secondary N) is 1. The lowest BCUT2D eigenvalue weighted by Crippen LogP contribution is -2.42. The second-order valence-electron chi connectivity index (χ2n) is 4.44. The summed E-state index contributed by atoms with van der Waals surface area (Å²) < 4.78 is 0. The Kier molecular flexibility index (Phi) is 4.15. The second kappa shape index (κ2) is 5.62. The quantitative estimate of drug-likeness (QED) is 0.821. The third-order valence-corrected chi connectivity index (χ3v) is 3.99. The predicted octanol–water partition coefficient (Wildman–Crippen LogP) is 0.472. The lowest BCUT2D eigenvalue weighted by atomic mass is 10.2. The Hall–Kier alpha value is -0.910. The van der Waals surface area contributed by atoms with E-state index in [0.717, 1.165) is 13.0 Å². The maximum absolute atomic E-state index is 12.0. The number of likely N-dealkylation sites (N-methyl/N-ethyl adjacent to an activating group) is 1. The van der Waals surface area contributed by atoms with Crippen LogP contribution in [0.1, 0.15) is 11.3 Å². The minimum absolute atomic E-state index is 0.0816. The van der Waals surface area contributed by atoms with Gasteiger partial charge in [0, 0.05) is 25.0 Å². The minimum atomic E-state index is -0.380. The Balaban J connectivity index is 1.79. The largest absolute Gasteiger partial charge is 0.392 e. The fraction of sp³-hybridized carbons (Fsp3) is 0.583. The van der Waals surface area contributed by atoms with E-state index in [-0.39, 0.29) is 18.1 Å². The highest BCUT2D eigenvalue weighted by atomic mass is 32.1. The van der Waals surface area contributed by atoms with Crippen LogP contribution >= 0.6 is 11.3 Å². The molecule has 0 saturated carbocycles. The van der Waals surface area contributed by atoms with E-state index in [1.54, 1.807) is 16.2 Å². The molecule has 0 unspecified atom stereocenters. The number of aliphatic hydroxyl groups excluding tert-OH is 1. The number of amides is 1. The van der Waals surface area contributed by atoms with Crippen molar-refractivity contribution in [3.8, 4) is 0 Å². The summed E-state index contributed by atoms with van der Waals surface area (Å²) in [6.07, 6.45) is 1.05. The van der Waals surface area contributed by atoms with Gasteiger partial charge in [-0.15, -0.1) is 11.3 Å². The summed E-state index contributed by atoms with van der Waals surface area (Å²) in [6.45, 7) is 1.25. The van der Waals surface area contributed by atoms with E-state index >= 15 is 0 Å². The molecule has 1 aromatic heterocycles. The van der Waals surface area contributed by atoms with Gasteiger partial charge < -0.3 is 15.3 Å². The first-order valence-corrected chi connectivity index (χ1v) is 6.73. The van der Waals surface area contributed by atoms with Crippen LogP contribution in [-0.4, -0.2) is 48.2 Å². The fourth-order valence-corrected chi connectivity index (χ4v) is 2.71. The number of hydrogen-bond acceptors (Lipinski definition) is 4. The Bertz CT molecular complexity index is 367. The van der Waals surface area contributed by atoms with Gasteiger partial charge in [-0.3, -0.25) is 4.79 Å². The molecule has 0 aromatic carbocycles. The molecule has 1 fully saturated rings. The van der Waals surface area contributed by atoms with Gasteiger partial charge in [0.05, 0.1) is 12.1 Å². The van der Waals surface area contributed by atoms with Gasteiger partial charge in [-0.2, -0.15) is 0 Å². The van der Waals surface area contributed by atoms with Gasteiger partial charge in [-0.25, -0.2) is 0 Å². The van der Waals surface area contributed by atoms with Crippen LogP contribution in [0.3, 0.4) is 0 Å². The van der Waals surface area contributed by atoms with Gasteiger partial charge >= 0.3 is 0 Å². The summed E-state index contributed by atoms with van der Waals surface area (Å²) in [5.74, 6) is 0.0816. The van der Waals surface area contributed by atoms with Crippen LogP contribution < -0.4 is 5.32 Å². The molecule has 1 saturated heterocycles. The molecule has 2 atom stereocenters. The number of carbonyl (C=O) groups excluding carboxylic acids is 1. The van der Waals surface area contributed by atoms with Gasteiger partial charge in [-0.1, -0.05) is 6.07 Å². The first-order valence-electron chi connectivity index (χ1n) is 5.85. The van der Waals surface area contributed by atoms with Gasteiger partial charge in [0.25, 0.3) is 0 Å². The molecule has 0 spiro atoms. The molecule has 1 aromatic rings. The summed E-state index contributed by atoms with van der Waals surface area (Å²) in [5.41, 5.74) is 0. The maximum Gasteiger partial charge on any atom is 0.239 e. The van der Waals surface area contributed by atoms with Crippen LogP contribution in [0.2, 0.25) is 0 Å². The Morgan fingerprint density at radius 3 is 3.12 bits per heavy atom. The van der Waals surface area contributed by atoms with Crippen LogP contribution in [0.15, 0.2) is 17.5 Å². The monoisotopic (exact) mass is 254 g/mol. The van der Waals surface area contributed by atoms with E-state index in [2.05, 4.69) is 11.4 Å². The highest BCUT2D eigenvalue weighted by molar-refractivity contribution is 7.09. The van der Waals surface area contributed by atoms with Crippen molar-refractivity contribution in [1.82, 2.24) is 10.2 Å². The average molecular weight is 254 g/mol. The molecule has 17 heavy (non-hydrogen) atoms. The lowest BCUT2D eigenvalue weighted by Gasteiger charge is -2.20. The predicted molar refractivity (Wildman–Crippen MR) is 68.1 cm³/mol. The molecule has 5 heteroatoms. The Morgan fingerprint density at radius 1 is 1.71 bits per heavy atom. The smallest absolute Gasteiger partial charge is 0.239 e. The molecule has 2 heterocycles. The highest BCUT2D eigenvalue weighted by Crippen LogP contribution is 2.12. The molecule has 2 N–H and O–H groups in total. The normalized spacial score (nSPS) is 23.9. The first kappa shape index (κ1) is 12.5. The number of nitrogens with zero attached hydrogens (tertiary/aromatic N) is 1. The highest BCUT2D eigenvalue weighted by Gasteiger charge is 2.29. The van der Waals surface area contributed by atoms with Crippen molar-refractivity contribution in [1.29, 1.82) is 0 Å². The van der Waals surface area contributed by atoms with Crippen LogP contribution in [0.4, 0.5) is 0 Å². The van der Waals surface area contributed by atoms with Crippen LogP contribution in [-0.2, 0) is 11.2 Å². The molecule has 4 nitrogen and oxygen atoms in total. The molecule has 94 valence electrons. The first-order chi connectivity index (χ1) is 8.16. The number of rotatable bonds is 4. The van der Waals surface area contributed by atoms with Gasteiger partial charge in [-0.05, 0) is 24.3 Å². The van der Waals surface area contributed by atoms with Gasteiger partial charge in [0.1, 0.15) is 0 Å². The third kappa shape index (κ3) is 3.28. The van der Waals surface area contributed by atoms with E-state index in [1.165, 1.54) is 4.88 Å². The van der Waals surface area contributed by atoms with E-state index in [4.69, 9.17) is 0 Å². The van der Waals surface area contributed by atoms with E-state index in [9.17, 15) is 9.90 Å². The van der Waals surface area contributed by atoms with Crippen molar-refractivity contribution < 1.29 is 9.90 Å². The standard InChI is InChI=1S/C12H18N2O2S/c1-14(5-4-10-3-2-6-17-10)12(16)11-7-9(15)8-13-11/h2-3,6,9,11,13,15H,4-5,7-8H2,1H3/t9-,11-/m1/s1. The molecule has 0 aliphatic carbocycles. The zero-order valence-electron chi connectivity index (χ0n) is 9.93.